The van der Waals surface area contributed by atoms with E-state index in [1.165, 1.54) is 17.7 Å². The first kappa shape index (κ1) is 24.4. The Morgan fingerprint density at radius 3 is 2.63 bits per heavy atom. The van der Waals surface area contributed by atoms with Gasteiger partial charge in [0.15, 0.2) is 17.2 Å². The van der Waals surface area contributed by atoms with Crippen LogP contribution in [0.15, 0.2) is 71.4 Å². The molecule has 4 rings (SSSR count). The van der Waals surface area contributed by atoms with Crippen LogP contribution in [0.4, 0.5) is 5.69 Å². The number of benzene rings is 3. The van der Waals surface area contributed by atoms with Crippen molar-refractivity contribution in [2.45, 2.75) is 13.3 Å². The Labute approximate surface area is 215 Å². The van der Waals surface area contributed by atoms with Crippen LogP contribution in [0.5, 0.6) is 11.5 Å². The first-order valence-electron chi connectivity index (χ1n) is 10.7. The van der Waals surface area contributed by atoms with Gasteiger partial charge >= 0.3 is 5.97 Å². The summed E-state index contributed by atoms with van der Waals surface area (Å²) in [5.41, 5.74) is 2.63. The average Bonchev–Trinajstić information content (AvgIpc) is 3.20. The fourth-order valence-corrected chi connectivity index (χ4v) is 4.40. The zero-order valence-corrected chi connectivity index (χ0v) is 21.1. The van der Waals surface area contributed by atoms with E-state index in [1.54, 1.807) is 32.2 Å². The summed E-state index contributed by atoms with van der Waals surface area (Å²) in [7, 11) is 1.55. The van der Waals surface area contributed by atoms with Crippen molar-refractivity contribution in [3.8, 4) is 11.5 Å². The van der Waals surface area contributed by atoms with Crippen LogP contribution >= 0.6 is 22.6 Å². The van der Waals surface area contributed by atoms with Gasteiger partial charge in [0.05, 0.1) is 22.2 Å². The summed E-state index contributed by atoms with van der Waals surface area (Å²) in [6, 6.07) is 18.2. The van der Waals surface area contributed by atoms with E-state index in [0.29, 0.717) is 34.8 Å². The number of ether oxygens (including phenoxy) is 3. The molecule has 9 heteroatoms. The van der Waals surface area contributed by atoms with Crippen molar-refractivity contribution in [2.24, 2.45) is 4.99 Å². The molecule has 0 spiro atoms. The third-order valence-corrected chi connectivity index (χ3v) is 6.19. The van der Waals surface area contributed by atoms with Gasteiger partial charge in [-0.05, 0) is 64.9 Å². The van der Waals surface area contributed by atoms with Gasteiger partial charge in [-0.25, -0.2) is 9.79 Å². The molecule has 0 aromatic heterocycles. The average molecular weight is 584 g/mol. The molecular weight excluding hydrogens is 563 g/mol. The standard InChI is InChI=1S/C26H21IN2O6/c1-16-19(9-6-10-22(16)29(31)32)25-28-21(26(30)35-25)14-18-13-20(27)24(23(15-18)33-2)34-12-11-17-7-4-3-5-8-17/h3-10,13-15H,11-12H2,1-2H3/b21-14-. The van der Waals surface area contributed by atoms with Gasteiger partial charge in [-0.3, -0.25) is 10.1 Å². The van der Waals surface area contributed by atoms with Crippen LogP contribution in [0.2, 0.25) is 0 Å². The second kappa shape index (κ2) is 10.7. The number of hydrogen-bond acceptors (Lipinski definition) is 7. The van der Waals surface area contributed by atoms with Crippen LogP contribution in [0.3, 0.4) is 0 Å². The van der Waals surface area contributed by atoms with Crippen LogP contribution in [0, 0.1) is 20.6 Å². The lowest BCUT2D eigenvalue weighted by molar-refractivity contribution is -0.385. The highest BCUT2D eigenvalue weighted by Crippen LogP contribution is 2.35. The Morgan fingerprint density at radius 1 is 1.14 bits per heavy atom. The highest BCUT2D eigenvalue weighted by Gasteiger charge is 2.27. The minimum absolute atomic E-state index is 0.0324. The predicted octanol–water partition coefficient (Wildman–Crippen LogP) is 5.48. The van der Waals surface area contributed by atoms with Gasteiger partial charge in [0, 0.05) is 23.6 Å². The normalized spacial score (nSPS) is 14.0. The van der Waals surface area contributed by atoms with Gasteiger partial charge in [0.2, 0.25) is 5.90 Å². The Bertz CT molecular complexity index is 1350. The minimum Gasteiger partial charge on any atom is -0.493 e. The summed E-state index contributed by atoms with van der Waals surface area (Å²) in [6.07, 6.45) is 2.34. The Morgan fingerprint density at radius 2 is 1.91 bits per heavy atom. The molecule has 0 amide bonds. The van der Waals surface area contributed by atoms with E-state index in [2.05, 4.69) is 27.6 Å². The number of carbonyl (C=O) groups excluding carboxylic acids is 1. The number of halogens is 1. The molecule has 0 saturated carbocycles. The van der Waals surface area contributed by atoms with Crippen molar-refractivity contribution < 1.29 is 23.9 Å². The second-order valence-electron chi connectivity index (χ2n) is 7.66. The molecule has 3 aromatic rings. The number of hydrogen-bond donors (Lipinski definition) is 0. The fourth-order valence-electron chi connectivity index (χ4n) is 3.61. The van der Waals surface area contributed by atoms with Crippen LogP contribution in [0.1, 0.15) is 22.3 Å². The number of nitrogens with zero attached hydrogens (tertiary/aromatic N) is 2. The lowest BCUT2D eigenvalue weighted by Gasteiger charge is -2.13. The zero-order valence-electron chi connectivity index (χ0n) is 19.0. The molecule has 0 saturated heterocycles. The molecule has 0 bridgehead atoms. The van der Waals surface area contributed by atoms with E-state index < -0.39 is 10.9 Å². The molecule has 1 heterocycles. The second-order valence-corrected chi connectivity index (χ2v) is 8.82. The lowest BCUT2D eigenvalue weighted by Crippen LogP contribution is -2.08. The van der Waals surface area contributed by atoms with E-state index >= 15 is 0 Å². The summed E-state index contributed by atoms with van der Waals surface area (Å²) in [5.74, 6) is 0.548. The van der Waals surface area contributed by atoms with Gasteiger partial charge in [0.25, 0.3) is 5.69 Å². The van der Waals surface area contributed by atoms with Crippen molar-refractivity contribution >= 4 is 46.2 Å². The fraction of sp³-hybridized carbons (Fsp3) is 0.154. The number of cyclic esters (lactones) is 1. The van der Waals surface area contributed by atoms with Gasteiger partial charge in [-0.1, -0.05) is 36.4 Å². The maximum Gasteiger partial charge on any atom is 0.363 e. The van der Waals surface area contributed by atoms with Crippen molar-refractivity contribution in [3.05, 3.63) is 102 Å². The molecule has 3 aromatic carbocycles. The molecule has 178 valence electrons. The SMILES string of the molecule is COc1cc(/C=C2\N=C(c3cccc([N+](=O)[O-])c3C)OC2=O)cc(I)c1OCCc1ccccc1. The number of nitro groups is 1. The topological polar surface area (TPSA) is 100 Å². The largest absolute Gasteiger partial charge is 0.493 e. The third-order valence-electron chi connectivity index (χ3n) is 5.39. The molecule has 1 aliphatic rings. The summed E-state index contributed by atoms with van der Waals surface area (Å²) < 4.78 is 17.7. The smallest absolute Gasteiger partial charge is 0.363 e. The Hall–Kier alpha value is -3.73. The summed E-state index contributed by atoms with van der Waals surface area (Å²) in [6.45, 7) is 2.08. The van der Waals surface area contributed by atoms with Gasteiger partial charge in [-0.2, -0.15) is 0 Å². The lowest BCUT2D eigenvalue weighted by atomic mass is 10.1. The van der Waals surface area contributed by atoms with Crippen molar-refractivity contribution in [2.75, 3.05) is 13.7 Å². The molecule has 8 nitrogen and oxygen atoms in total. The number of aliphatic imine (C=N–C) groups is 1. The van der Waals surface area contributed by atoms with Gasteiger partial charge < -0.3 is 14.2 Å². The first-order valence-corrected chi connectivity index (χ1v) is 11.8. The van der Waals surface area contributed by atoms with E-state index in [9.17, 15) is 14.9 Å². The van der Waals surface area contributed by atoms with Gasteiger partial charge in [0.1, 0.15) is 0 Å². The van der Waals surface area contributed by atoms with E-state index in [0.717, 1.165) is 9.99 Å². The number of rotatable bonds is 8. The molecule has 0 unspecified atom stereocenters. The Balaban J connectivity index is 1.58. The molecule has 0 fully saturated rings. The highest BCUT2D eigenvalue weighted by atomic mass is 127. The molecule has 0 N–H and O–H groups in total. The number of methoxy groups -OCH3 is 1. The predicted molar refractivity (Wildman–Crippen MR) is 140 cm³/mol. The molecule has 0 radical (unpaired) electrons. The number of esters is 1. The molecule has 1 aliphatic heterocycles. The quantitative estimate of drug-likeness (QED) is 0.114. The highest BCUT2D eigenvalue weighted by molar-refractivity contribution is 14.1. The van der Waals surface area contributed by atoms with Crippen molar-refractivity contribution in [1.82, 2.24) is 0 Å². The first-order chi connectivity index (χ1) is 16.9. The Kier molecular flexibility index (Phi) is 7.45. The summed E-state index contributed by atoms with van der Waals surface area (Å²) in [4.78, 5) is 27.5. The van der Waals surface area contributed by atoms with Gasteiger partial charge in [-0.15, -0.1) is 0 Å². The van der Waals surface area contributed by atoms with Crippen LogP contribution < -0.4 is 9.47 Å². The van der Waals surface area contributed by atoms with Crippen molar-refractivity contribution in [1.29, 1.82) is 0 Å². The monoisotopic (exact) mass is 584 g/mol. The zero-order chi connectivity index (χ0) is 24.9. The number of carbonyl (C=O) groups is 1. The molecular formula is C26H21IN2O6. The van der Waals surface area contributed by atoms with Crippen LogP contribution in [0.25, 0.3) is 6.08 Å². The van der Waals surface area contributed by atoms with Crippen molar-refractivity contribution in [3.63, 3.8) is 0 Å². The van der Waals surface area contributed by atoms with E-state index in [-0.39, 0.29) is 17.3 Å². The van der Waals surface area contributed by atoms with E-state index in [4.69, 9.17) is 14.2 Å². The summed E-state index contributed by atoms with van der Waals surface area (Å²) in [5, 5.41) is 11.2. The third kappa shape index (κ3) is 5.51. The molecule has 0 aliphatic carbocycles. The maximum atomic E-state index is 12.5. The van der Waals surface area contributed by atoms with Crippen LogP contribution in [-0.2, 0) is 16.0 Å². The summed E-state index contributed by atoms with van der Waals surface area (Å²) >= 11 is 2.16. The maximum absolute atomic E-state index is 12.5. The molecule has 35 heavy (non-hydrogen) atoms. The van der Waals surface area contributed by atoms with Crippen LogP contribution in [-0.4, -0.2) is 30.5 Å². The number of nitro benzene ring substituents is 1. The minimum atomic E-state index is -0.636. The molecule has 0 atom stereocenters. The van der Waals surface area contributed by atoms with E-state index in [1.807, 2.05) is 36.4 Å².